The lowest BCUT2D eigenvalue weighted by molar-refractivity contribution is -0.120. The highest BCUT2D eigenvalue weighted by molar-refractivity contribution is 5.94. The quantitative estimate of drug-likeness (QED) is 0.252. The van der Waals surface area contributed by atoms with Crippen LogP contribution in [-0.2, 0) is 11.2 Å². The van der Waals surface area contributed by atoms with E-state index in [0.29, 0.717) is 22.6 Å². The Kier molecular flexibility index (Phi) is 7.59. The van der Waals surface area contributed by atoms with Crippen LogP contribution in [0.4, 0.5) is 0 Å². The van der Waals surface area contributed by atoms with Gasteiger partial charge in [0.1, 0.15) is 11.3 Å². The molecule has 0 heterocycles. The van der Waals surface area contributed by atoms with Crippen LogP contribution < -0.4 is 19.6 Å². The monoisotopic (exact) mass is 432 g/mol. The first-order valence-electron chi connectivity index (χ1n) is 9.91. The molecule has 0 bridgehead atoms. The van der Waals surface area contributed by atoms with Crippen LogP contribution in [0, 0.1) is 6.92 Å². The summed E-state index contributed by atoms with van der Waals surface area (Å²) >= 11 is 0. The summed E-state index contributed by atoms with van der Waals surface area (Å²) in [5.41, 5.74) is 5.52. The zero-order valence-corrected chi connectivity index (χ0v) is 18.1. The van der Waals surface area contributed by atoms with Crippen LogP contribution in [0.1, 0.15) is 27.0 Å². The first kappa shape index (κ1) is 22.6. The number of ether oxygens (including phenoxy) is 3. The van der Waals surface area contributed by atoms with Crippen molar-refractivity contribution in [3.05, 3.63) is 89.0 Å². The summed E-state index contributed by atoms with van der Waals surface area (Å²) in [6.45, 7) is 1.99. The Bertz CT molecular complexity index is 1120. The molecule has 0 aliphatic rings. The van der Waals surface area contributed by atoms with Gasteiger partial charge in [-0.2, -0.15) is 5.10 Å². The van der Waals surface area contributed by atoms with Crippen molar-refractivity contribution in [2.24, 2.45) is 5.10 Å². The third-order valence-corrected chi connectivity index (χ3v) is 4.61. The highest BCUT2D eigenvalue weighted by Crippen LogP contribution is 2.29. The van der Waals surface area contributed by atoms with E-state index in [1.54, 1.807) is 42.5 Å². The van der Waals surface area contributed by atoms with Gasteiger partial charge < -0.3 is 14.2 Å². The first-order chi connectivity index (χ1) is 15.5. The zero-order chi connectivity index (χ0) is 22.9. The lowest BCUT2D eigenvalue weighted by Crippen LogP contribution is -2.19. The Morgan fingerprint density at radius 3 is 2.34 bits per heavy atom. The van der Waals surface area contributed by atoms with E-state index in [0.717, 1.165) is 11.1 Å². The molecule has 1 N–H and O–H groups in total. The smallest absolute Gasteiger partial charge is 0.347 e. The normalized spacial score (nSPS) is 10.6. The van der Waals surface area contributed by atoms with Crippen molar-refractivity contribution in [1.29, 1.82) is 0 Å². The second-order valence-electron chi connectivity index (χ2n) is 6.96. The van der Waals surface area contributed by atoms with E-state index < -0.39 is 5.97 Å². The maximum Gasteiger partial charge on any atom is 0.347 e. The number of hydrazone groups is 1. The molecule has 7 heteroatoms. The van der Waals surface area contributed by atoms with Crippen molar-refractivity contribution in [3.8, 4) is 17.2 Å². The van der Waals surface area contributed by atoms with Gasteiger partial charge in [0, 0.05) is 0 Å². The summed E-state index contributed by atoms with van der Waals surface area (Å²) in [6.07, 6.45) is 1.72. The molecule has 0 radical (unpaired) electrons. The molecule has 0 aliphatic heterocycles. The largest absolute Gasteiger partial charge is 0.496 e. The minimum absolute atomic E-state index is 0.223. The Morgan fingerprint density at radius 2 is 1.62 bits per heavy atom. The van der Waals surface area contributed by atoms with Crippen LogP contribution in [0.15, 0.2) is 71.8 Å². The summed E-state index contributed by atoms with van der Waals surface area (Å²) in [5.74, 6) is 0.235. The minimum atomic E-state index is -0.564. The molecule has 0 spiro atoms. The number of rotatable bonds is 8. The fraction of sp³-hybridized carbons (Fsp3) is 0.160. The van der Waals surface area contributed by atoms with Crippen LogP contribution in [-0.4, -0.2) is 32.3 Å². The third-order valence-electron chi connectivity index (χ3n) is 4.61. The lowest BCUT2D eigenvalue weighted by atomic mass is 10.1. The fourth-order valence-electron chi connectivity index (χ4n) is 2.93. The lowest BCUT2D eigenvalue weighted by Gasteiger charge is -2.11. The van der Waals surface area contributed by atoms with Gasteiger partial charge in [-0.25, -0.2) is 10.2 Å². The van der Waals surface area contributed by atoms with Crippen molar-refractivity contribution < 1.29 is 23.8 Å². The fourth-order valence-corrected chi connectivity index (χ4v) is 2.93. The van der Waals surface area contributed by atoms with E-state index in [-0.39, 0.29) is 18.1 Å². The number of esters is 1. The van der Waals surface area contributed by atoms with Gasteiger partial charge in [-0.1, -0.05) is 42.0 Å². The van der Waals surface area contributed by atoms with Crippen LogP contribution in [0.2, 0.25) is 0 Å². The Balaban J connectivity index is 1.63. The standard InChI is InChI=1S/C25H24N2O5/c1-17-8-10-18(11-9-17)15-24(28)27-26-16-19-12-13-22(23(14-19)31-3)32-25(29)20-6-4-5-7-21(20)30-2/h4-14,16H,15H2,1-3H3,(H,27,28). The number of carbonyl (C=O) groups excluding carboxylic acids is 2. The number of nitrogens with zero attached hydrogens (tertiary/aromatic N) is 1. The summed E-state index contributed by atoms with van der Waals surface area (Å²) in [5, 5.41) is 3.99. The maximum atomic E-state index is 12.5. The van der Waals surface area contributed by atoms with Crippen LogP contribution in [0.3, 0.4) is 0 Å². The van der Waals surface area contributed by atoms with Gasteiger partial charge in [-0.05, 0) is 48.4 Å². The number of aryl methyl sites for hydroxylation is 1. The molecular weight excluding hydrogens is 408 g/mol. The molecule has 3 rings (SSSR count). The summed E-state index contributed by atoms with van der Waals surface area (Å²) in [6, 6.07) is 19.5. The van der Waals surface area contributed by atoms with E-state index in [2.05, 4.69) is 10.5 Å². The van der Waals surface area contributed by atoms with Crippen molar-refractivity contribution in [3.63, 3.8) is 0 Å². The molecular formula is C25H24N2O5. The number of carbonyl (C=O) groups is 2. The predicted octanol–water partition coefficient (Wildman–Crippen LogP) is 3.92. The first-order valence-corrected chi connectivity index (χ1v) is 9.91. The highest BCUT2D eigenvalue weighted by Gasteiger charge is 2.16. The molecule has 32 heavy (non-hydrogen) atoms. The Hall–Kier alpha value is -4.13. The average Bonchev–Trinajstić information content (AvgIpc) is 2.81. The topological polar surface area (TPSA) is 86.2 Å². The summed E-state index contributed by atoms with van der Waals surface area (Å²) in [4.78, 5) is 24.6. The molecule has 3 aromatic rings. The molecule has 1 amide bonds. The van der Waals surface area contributed by atoms with E-state index in [1.165, 1.54) is 20.4 Å². The number of nitrogens with one attached hydrogen (secondary N) is 1. The van der Waals surface area contributed by atoms with Gasteiger partial charge in [0.15, 0.2) is 11.5 Å². The second-order valence-corrected chi connectivity index (χ2v) is 6.96. The van der Waals surface area contributed by atoms with Crippen LogP contribution in [0.25, 0.3) is 0 Å². The van der Waals surface area contributed by atoms with Gasteiger partial charge in [0.2, 0.25) is 5.91 Å². The maximum absolute atomic E-state index is 12.5. The number of hydrogen-bond donors (Lipinski definition) is 1. The van der Waals surface area contributed by atoms with Gasteiger partial charge in [0.05, 0.1) is 26.9 Å². The Labute approximate surface area is 186 Å². The number of amides is 1. The van der Waals surface area contributed by atoms with E-state index in [4.69, 9.17) is 14.2 Å². The highest BCUT2D eigenvalue weighted by atomic mass is 16.6. The predicted molar refractivity (Wildman–Crippen MR) is 122 cm³/mol. The summed E-state index contributed by atoms with van der Waals surface area (Å²) < 4.78 is 16.0. The van der Waals surface area contributed by atoms with E-state index >= 15 is 0 Å². The average molecular weight is 432 g/mol. The van der Waals surface area contributed by atoms with Gasteiger partial charge in [-0.15, -0.1) is 0 Å². The summed E-state index contributed by atoms with van der Waals surface area (Å²) in [7, 11) is 2.96. The molecule has 7 nitrogen and oxygen atoms in total. The number of benzene rings is 3. The number of hydrogen-bond acceptors (Lipinski definition) is 6. The molecule has 164 valence electrons. The van der Waals surface area contributed by atoms with Gasteiger partial charge >= 0.3 is 5.97 Å². The van der Waals surface area contributed by atoms with E-state index in [9.17, 15) is 9.59 Å². The van der Waals surface area contributed by atoms with Crippen molar-refractivity contribution in [1.82, 2.24) is 5.43 Å². The molecule has 0 aromatic heterocycles. The molecule has 0 atom stereocenters. The zero-order valence-electron chi connectivity index (χ0n) is 18.1. The van der Waals surface area contributed by atoms with E-state index in [1.807, 2.05) is 31.2 Å². The van der Waals surface area contributed by atoms with Crippen molar-refractivity contribution in [2.75, 3.05) is 14.2 Å². The molecule has 0 aliphatic carbocycles. The molecule has 3 aromatic carbocycles. The van der Waals surface area contributed by atoms with Gasteiger partial charge in [0.25, 0.3) is 0 Å². The van der Waals surface area contributed by atoms with Crippen LogP contribution in [0.5, 0.6) is 17.2 Å². The minimum Gasteiger partial charge on any atom is -0.496 e. The van der Waals surface area contributed by atoms with Crippen LogP contribution >= 0.6 is 0 Å². The number of methoxy groups -OCH3 is 2. The van der Waals surface area contributed by atoms with Crippen molar-refractivity contribution in [2.45, 2.75) is 13.3 Å². The Morgan fingerprint density at radius 1 is 0.906 bits per heavy atom. The third kappa shape index (κ3) is 5.95. The molecule has 0 saturated heterocycles. The molecule has 0 fully saturated rings. The molecule has 0 unspecified atom stereocenters. The second kappa shape index (κ2) is 10.8. The molecule has 0 saturated carbocycles. The van der Waals surface area contributed by atoms with Crippen molar-refractivity contribution >= 4 is 18.1 Å². The number of para-hydroxylation sites is 1. The van der Waals surface area contributed by atoms with Gasteiger partial charge in [-0.3, -0.25) is 4.79 Å². The SMILES string of the molecule is COc1cc(C=NNC(=O)Cc2ccc(C)cc2)ccc1OC(=O)c1ccccc1OC.